The standard InChI is InChI=1S/C11H18F3NO2/c1-7-2-4-8(5-3-7)10(17)15-6-9(16)11(12,13)14/h7-9,16H,2-6H2,1H3,(H,15,17). The second kappa shape index (κ2) is 5.71. The predicted molar refractivity (Wildman–Crippen MR) is 56.2 cm³/mol. The molecule has 1 fully saturated rings. The van der Waals surface area contributed by atoms with Crippen molar-refractivity contribution in [1.82, 2.24) is 5.32 Å². The van der Waals surface area contributed by atoms with Crippen LogP contribution in [-0.2, 0) is 4.79 Å². The van der Waals surface area contributed by atoms with Gasteiger partial charge in [0.05, 0.1) is 6.54 Å². The van der Waals surface area contributed by atoms with E-state index in [1.54, 1.807) is 0 Å². The Balaban J connectivity index is 2.30. The Bertz CT molecular complexity index is 260. The molecule has 0 spiro atoms. The normalized spacial score (nSPS) is 27.6. The molecular weight excluding hydrogens is 235 g/mol. The summed E-state index contributed by atoms with van der Waals surface area (Å²) in [6.45, 7) is 1.34. The molecule has 1 unspecified atom stereocenters. The third kappa shape index (κ3) is 4.53. The molecule has 1 atom stereocenters. The third-order valence-corrected chi connectivity index (χ3v) is 3.23. The summed E-state index contributed by atoms with van der Waals surface area (Å²) in [4.78, 5) is 11.5. The average Bonchev–Trinajstić information content (AvgIpc) is 2.25. The van der Waals surface area contributed by atoms with Crippen LogP contribution in [0.3, 0.4) is 0 Å². The minimum Gasteiger partial charge on any atom is -0.382 e. The van der Waals surface area contributed by atoms with E-state index in [0.717, 1.165) is 25.7 Å². The van der Waals surface area contributed by atoms with Crippen LogP contribution in [0.5, 0.6) is 0 Å². The number of aliphatic hydroxyl groups excluding tert-OH is 1. The second-order valence-corrected chi connectivity index (χ2v) is 4.76. The van der Waals surface area contributed by atoms with Gasteiger partial charge in [-0.25, -0.2) is 0 Å². The molecule has 3 nitrogen and oxygen atoms in total. The minimum atomic E-state index is -4.67. The molecule has 6 heteroatoms. The van der Waals surface area contributed by atoms with E-state index < -0.39 is 18.8 Å². The number of aliphatic hydroxyl groups is 1. The molecule has 2 N–H and O–H groups in total. The predicted octanol–water partition coefficient (Wildman–Crippen LogP) is 1.85. The van der Waals surface area contributed by atoms with Gasteiger partial charge in [0.1, 0.15) is 0 Å². The Hall–Kier alpha value is -0.780. The number of hydrogen-bond acceptors (Lipinski definition) is 2. The van der Waals surface area contributed by atoms with E-state index in [9.17, 15) is 18.0 Å². The number of amides is 1. The topological polar surface area (TPSA) is 49.3 Å². The first-order chi connectivity index (χ1) is 7.80. The SMILES string of the molecule is CC1CCC(C(=O)NCC(O)C(F)(F)F)CC1. The Labute approximate surface area is 98.4 Å². The molecule has 1 rings (SSSR count). The summed E-state index contributed by atoms with van der Waals surface area (Å²) in [5.41, 5.74) is 0. The van der Waals surface area contributed by atoms with Crippen LogP contribution in [0.15, 0.2) is 0 Å². The van der Waals surface area contributed by atoms with E-state index in [0.29, 0.717) is 5.92 Å². The van der Waals surface area contributed by atoms with Crippen molar-refractivity contribution in [2.45, 2.75) is 44.9 Å². The number of nitrogens with one attached hydrogen (secondary N) is 1. The Morgan fingerprint density at radius 2 is 1.88 bits per heavy atom. The van der Waals surface area contributed by atoms with Gasteiger partial charge in [0.2, 0.25) is 5.91 Å². The Kier molecular flexibility index (Phi) is 4.80. The minimum absolute atomic E-state index is 0.202. The zero-order chi connectivity index (χ0) is 13.1. The zero-order valence-corrected chi connectivity index (χ0v) is 9.76. The van der Waals surface area contributed by atoms with E-state index in [2.05, 4.69) is 12.2 Å². The quantitative estimate of drug-likeness (QED) is 0.806. The summed E-state index contributed by atoms with van der Waals surface area (Å²) in [5, 5.41) is 10.9. The monoisotopic (exact) mass is 253 g/mol. The number of halogens is 3. The van der Waals surface area contributed by atoms with Gasteiger partial charge in [-0.3, -0.25) is 4.79 Å². The number of carbonyl (C=O) groups excluding carboxylic acids is 1. The fourth-order valence-corrected chi connectivity index (χ4v) is 1.98. The molecule has 0 aromatic heterocycles. The summed E-state index contributed by atoms with van der Waals surface area (Å²) >= 11 is 0. The molecule has 0 radical (unpaired) electrons. The Morgan fingerprint density at radius 1 is 1.35 bits per heavy atom. The summed E-state index contributed by atoms with van der Waals surface area (Å²) < 4.78 is 36.0. The van der Waals surface area contributed by atoms with Crippen LogP contribution in [0.4, 0.5) is 13.2 Å². The molecular formula is C11H18F3NO2. The van der Waals surface area contributed by atoms with Crippen LogP contribution in [0.1, 0.15) is 32.6 Å². The highest BCUT2D eigenvalue weighted by molar-refractivity contribution is 5.78. The van der Waals surface area contributed by atoms with Crippen LogP contribution in [-0.4, -0.2) is 29.8 Å². The lowest BCUT2D eigenvalue weighted by atomic mass is 9.82. The van der Waals surface area contributed by atoms with Gasteiger partial charge in [0, 0.05) is 5.92 Å². The van der Waals surface area contributed by atoms with Crippen LogP contribution < -0.4 is 5.32 Å². The van der Waals surface area contributed by atoms with Crippen molar-refractivity contribution < 1.29 is 23.1 Å². The largest absolute Gasteiger partial charge is 0.416 e. The molecule has 1 aliphatic carbocycles. The summed E-state index contributed by atoms with van der Waals surface area (Å²) in [5.74, 6) is 0.00616. The van der Waals surface area contributed by atoms with Gasteiger partial charge in [0.15, 0.2) is 6.10 Å². The number of carbonyl (C=O) groups is 1. The van der Waals surface area contributed by atoms with Gasteiger partial charge < -0.3 is 10.4 Å². The van der Waals surface area contributed by atoms with Crippen molar-refractivity contribution in [2.75, 3.05) is 6.54 Å². The molecule has 0 aromatic carbocycles. The van der Waals surface area contributed by atoms with E-state index in [-0.39, 0.29) is 11.8 Å². The molecule has 0 aliphatic heterocycles. The van der Waals surface area contributed by atoms with Crippen molar-refractivity contribution in [2.24, 2.45) is 11.8 Å². The smallest absolute Gasteiger partial charge is 0.382 e. The van der Waals surface area contributed by atoms with Gasteiger partial charge in [0.25, 0.3) is 0 Å². The molecule has 17 heavy (non-hydrogen) atoms. The maximum absolute atomic E-state index is 12.0. The van der Waals surface area contributed by atoms with E-state index in [4.69, 9.17) is 5.11 Å². The van der Waals surface area contributed by atoms with Crippen molar-refractivity contribution in [3.8, 4) is 0 Å². The van der Waals surface area contributed by atoms with E-state index in [1.165, 1.54) is 0 Å². The highest BCUT2D eigenvalue weighted by Crippen LogP contribution is 2.28. The van der Waals surface area contributed by atoms with Gasteiger partial charge in [-0.05, 0) is 31.6 Å². The molecule has 0 saturated heterocycles. The Morgan fingerprint density at radius 3 is 2.35 bits per heavy atom. The van der Waals surface area contributed by atoms with Crippen molar-refractivity contribution in [3.05, 3.63) is 0 Å². The molecule has 0 bridgehead atoms. The van der Waals surface area contributed by atoms with E-state index >= 15 is 0 Å². The maximum atomic E-state index is 12.0. The van der Waals surface area contributed by atoms with Gasteiger partial charge in [-0.1, -0.05) is 6.92 Å². The van der Waals surface area contributed by atoms with Crippen LogP contribution in [0.2, 0.25) is 0 Å². The first-order valence-corrected chi connectivity index (χ1v) is 5.83. The fourth-order valence-electron chi connectivity index (χ4n) is 1.98. The van der Waals surface area contributed by atoms with E-state index in [1.807, 2.05) is 0 Å². The maximum Gasteiger partial charge on any atom is 0.416 e. The molecule has 0 aromatic rings. The average molecular weight is 253 g/mol. The lowest BCUT2D eigenvalue weighted by Crippen LogP contribution is -2.43. The van der Waals surface area contributed by atoms with Crippen LogP contribution in [0.25, 0.3) is 0 Å². The zero-order valence-electron chi connectivity index (χ0n) is 9.76. The lowest BCUT2D eigenvalue weighted by Gasteiger charge is -2.25. The fraction of sp³-hybridized carbons (Fsp3) is 0.909. The molecule has 0 heterocycles. The lowest BCUT2D eigenvalue weighted by molar-refractivity contribution is -0.202. The summed E-state index contributed by atoms with van der Waals surface area (Å²) in [6.07, 6.45) is -3.85. The first-order valence-electron chi connectivity index (χ1n) is 5.83. The van der Waals surface area contributed by atoms with Gasteiger partial charge in [-0.15, -0.1) is 0 Å². The number of rotatable bonds is 3. The number of alkyl halides is 3. The number of hydrogen-bond donors (Lipinski definition) is 2. The molecule has 1 aliphatic rings. The third-order valence-electron chi connectivity index (χ3n) is 3.23. The highest BCUT2D eigenvalue weighted by atomic mass is 19.4. The van der Waals surface area contributed by atoms with Crippen LogP contribution >= 0.6 is 0 Å². The summed E-state index contributed by atoms with van der Waals surface area (Å²) in [7, 11) is 0. The van der Waals surface area contributed by atoms with Crippen molar-refractivity contribution >= 4 is 5.91 Å². The van der Waals surface area contributed by atoms with Gasteiger partial charge >= 0.3 is 6.18 Å². The van der Waals surface area contributed by atoms with Crippen LogP contribution in [0, 0.1) is 11.8 Å². The summed E-state index contributed by atoms with van der Waals surface area (Å²) in [6, 6.07) is 0. The molecule has 1 saturated carbocycles. The van der Waals surface area contributed by atoms with Gasteiger partial charge in [-0.2, -0.15) is 13.2 Å². The highest BCUT2D eigenvalue weighted by Gasteiger charge is 2.38. The molecule has 1 amide bonds. The molecule has 100 valence electrons. The van der Waals surface area contributed by atoms with Crippen molar-refractivity contribution in [1.29, 1.82) is 0 Å². The van der Waals surface area contributed by atoms with Crippen molar-refractivity contribution in [3.63, 3.8) is 0 Å². The second-order valence-electron chi connectivity index (χ2n) is 4.76. The first kappa shape index (κ1) is 14.3.